The molecule has 3 nitrogen and oxygen atoms in total. The van der Waals surface area contributed by atoms with Gasteiger partial charge in [-0.25, -0.2) is 0 Å². The summed E-state index contributed by atoms with van der Waals surface area (Å²) in [5, 5.41) is 0. The van der Waals surface area contributed by atoms with E-state index >= 15 is 0 Å². The van der Waals surface area contributed by atoms with Gasteiger partial charge in [0.25, 0.3) is 0 Å². The maximum atomic E-state index is 11.9. The number of unbranched alkanes of at least 4 members (excludes halogenated alkanes) is 17. The van der Waals surface area contributed by atoms with Gasteiger partial charge in [-0.2, -0.15) is 0 Å². The van der Waals surface area contributed by atoms with Gasteiger partial charge in [-0.05, 0) is 25.7 Å². The third-order valence-electron chi connectivity index (χ3n) is 6.16. The second kappa shape index (κ2) is 25.4. The van der Waals surface area contributed by atoms with Crippen molar-refractivity contribution in [1.29, 1.82) is 0 Å². The molecule has 0 aliphatic rings. The Hall–Kier alpha value is -0.860. The van der Waals surface area contributed by atoms with Gasteiger partial charge in [-0.3, -0.25) is 9.59 Å². The summed E-state index contributed by atoms with van der Waals surface area (Å²) in [5.41, 5.74) is 0. The van der Waals surface area contributed by atoms with E-state index in [4.69, 9.17) is 4.74 Å². The molecule has 0 aliphatic heterocycles. The molecule has 0 amide bonds. The van der Waals surface area contributed by atoms with Crippen molar-refractivity contribution < 1.29 is 14.3 Å². The lowest BCUT2D eigenvalue weighted by Gasteiger charge is -2.05. The fourth-order valence-electron chi connectivity index (χ4n) is 4.02. The fraction of sp³-hybridized carbons (Fsp3) is 0.929. The monoisotopic (exact) mass is 438 g/mol. The van der Waals surface area contributed by atoms with Gasteiger partial charge in [-0.15, -0.1) is 0 Å². The summed E-state index contributed by atoms with van der Waals surface area (Å²) < 4.78 is 5.33. The highest BCUT2D eigenvalue weighted by molar-refractivity contribution is 5.78. The number of Topliss-reactive ketones (excluding diaryl/α,β-unsaturated/α-hetero) is 1. The van der Waals surface area contributed by atoms with Crippen molar-refractivity contribution in [3.8, 4) is 0 Å². The van der Waals surface area contributed by atoms with E-state index in [1.165, 1.54) is 89.9 Å². The van der Waals surface area contributed by atoms with E-state index in [1.807, 2.05) is 0 Å². The Morgan fingerprint density at radius 1 is 0.452 bits per heavy atom. The maximum Gasteiger partial charge on any atom is 0.305 e. The minimum absolute atomic E-state index is 0.0475. The van der Waals surface area contributed by atoms with Crippen molar-refractivity contribution in [2.45, 2.75) is 162 Å². The Labute approximate surface area is 194 Å². The molecule has 0 aromatic carbocycles. The van der Waals surface area contributed by atoms with Crippen LogP contribution in [0.25, 0.3) is 0 Å². The third-order valence-corrected chi connectivity index (χ3v) is 6.16. The van der Waals surface area contributed by atoms with Gasteiger partial charge in [0.15, 0.2) is 0 Å². The zero-order chi connectivity index (χ0) is 22.8. The Bertz CT molecular complexity index is 392. The molecule has 0 aromatic heterocycles. The van der Waals surface area contributed by atoms with Crippen molar-refractivity contribution in [2.75, 3.05) is 6.61 Å². The highest BCUT2D eigenvalue weighted by atomic mass is 16.5. The van der Waals surface area contributed by atoms with E-state index in [-0.39, 0.29) is 5.97 Å². The molecule has 0 spiro atoms. The molecule has 0 atom stereocenters. The van der Waals surface area contributed by atoms with E-state index in [9.17, 15) is 9.59 Å². The predicted molar refractivity (Wildman–Crippen MR) is 134 cm³/mol. The number of carbonyl (C=O) groups excluding carboxylic acids is 2. The van der Waals surface area contributed by atoms with Gasteiger partial charge in [0.2, 0.25) is 0 Å². The number of ketones is 1. The Balaban J connectivity index is 3.27. The Kier molecular flexibility index (Phi) is 24.7. The zero-order valence-electron chi connectivity index (χ0n) is 21.2. The highest BCUT2D eigenvalue weighted by Crippen LogP contribution is 2.13. The van der Waals surface area contributed by atoms with Crippen molar-refractivity contribution in [1.82, 2.24) is 0 Å². The van der Waals surface area contributed by atoms with Crippen LogP contribution in [0.3, 0.4) is 0 Å². The molecule has 31 heavy (non-hydrogen) atoms. The summed E-state index contributed by atoms with van der Waals surface area (Å²) in [6, 6.07) is 0. The van der Waals surface area contributed by atoms with Crippen LogP contribution in [0.15, 0.2) is 0 Å². The third kappa shape index (κ3) is 25.3. The number of carbonyl (C=O) groups is 2. The molecule has 3 heteroatoms. The van der Waals surface area contributed by atoms with Crippen LogP contribution in [-0.4, -0.2) is 18.4 Å². The van der Waals surface area contributed by atoms with E-state index in [0.717, 1.165) is 51.4 Å². The van der Waals surface area contributed by atoms with Gasteiger partial charge in [0.05, 0.1) is 6.61 Å². The average Bonchev–Trinajstić information content (AvgIpc) is 2.76. The van der Waals surface area contributed by atoms with Crippen molar-refractivity contribution in [3.63, 3.8) is 0 Å². The van der Waals surface area contributed by atoms with E-state index in [2.05, 4.69) is 13.8 Å². The first kappa shape index (κ1) is 30.1. The van der Waals surface area contributed by atoms with Gasteiger partial charge in [0, 0.05) is 19.3 Å². The molecular formula is C28H54O3. The van der Waals surface area contributed by atoms with Crippen molar-refractivity contribution in [3.05, 3.63) is 0 Å². The van der Waals surface area contributed by atoms with Crippen LogP contribution < -0.4 is 0 Å². The summed E-state index contributed by atoms with van der Waals surface area (Å²) in [6.07, 6.45) is 26.3. The smallest absolute Gasteiger partial charge is 0.305 e. The van der Waals surface area contributed by atoms with E-state index < -0.39 is 0 Å². The molecule has 0 saturated heterocycles. The Morgan fingerprint density at radius 3 is 1.26 bits per heavy atom. The molecule has 0 radical (unpaired) electrons. The molecule has 0 N–H and O–H groups in total. The van der Waals surface area contributed by atoms with Gasteiger partial charge in [0.1, 0.15) is 5.78 Å². The van der Waals surface area contributed by atoms with Crippen LogP contribution in [0.1, 0.15) is 162 Å². The molecule has 0 fully saturated rings. The standard InChI is InChI=1S/C28H54O3/c1-3-5-7-9-11-13-15-19-23-27(29)24-20-16-17-21-25-28(30)31-26-22-18-14-12-10-8-6-4-2/h3-26H2,1-2H3. The largest absolute Gasteiger partial charge is 0.466 e. The normalized spacial score (nSPS) is 11.0. The van der Waals surface area contributed by atoms with E-state index in [1.54, 1.807) is 0 Å². The second-order valence-corrected chi connectivity index (χ2v) is 9.37. The molecule has 0 aliphatic carbocycles. The summed E-state index contributed by atoms with van der Waals surface area (Å²) in [7, 11) is 0. The average molecular weight is 439 g/mol. The lowest BCUT2D eigenvalue weighted by molar-refractivity contribution is -0.143. The summed E-state index contributed by atoms with van der Waals surface area (Å²) >= 11 is 0. The number of esters is 1. The topological polar surface area (TPSA) is 43.4 Å². The number of hydrogen-bond donors (Lipinski definition) is 0. The van der Waals surface area contributed by atoms with Crippen LogP contribution in [0.2, 0.25) is 0 Å². The van der Waals surface area contributed by atoms with Gasteiger partial charge < -0.3 is 4.74 Å². The lowest BCUT2D eigenvalue weighted by atomic mass is 10.0. The molecule has 0 heterocycles. The minimum Gasteiger partial charge on any atom is -0.466 e. The summed E-state index contributed by atoms with van der Waals surface area (Å²) in [5.74, 6) is 0.379. The van der Waals surface area contributed by atoms with Gasteiger partial charge in [-0.1, -0.05) is 117 Å². The molecule has 0 saturated carbocycles. The Morgan fingerprint density at radius 2 is 0.806 bits per heavy atom. The first-order valence-corrected chi connectivity index (χ1v) is 13.9. The van der Waals surface area contributed by atoms with Crippen molar-refractivity contribution >= 4 is 11.8 Å². The maximum absolute atomic E-state index is 11.9. The summed E-state index contributed by atoms with van der Waals surface area (Å²) in [6.45, 7) is 5.08. The molecule has 0 unspecified atom stereocenters. The molecule has 0 rings (SSSR count). The number of ether oxygens (including phenoxy) is 1. The van der Waals surface area contributed by atoms with E-state index in [0.29, 0.717) is 18.8 Å². The van der Waals surface area contributed by atoms with Crippen LogP contribution in [0.5, 0.6) is 0 Å². The molecule has 0 aromatic rings. The number of hydrogen-bond acceptors (Lipinski definition) is 3. The molecule has 184 valence electrons. The first-order valence-electron chi connectivity index (χ1n) is 13.9. The quantitative estimate of drug-likeness (QED) is 0.105. The fourth-order valence-corrected chi connectivity index (χ4v) is 4.02. The second-order valence-electron chi connectivity index (χ2n) is 9.37. The minimum atomic E-state index is -0.0475. The van der Waals surface area contributed by atoms with Crippen LogP contribution in [0.4, 0.5) is 0 Å². The van der Waals surface area contributed by atoms with Gasteiger partial charge >= 0.3 is 5.97 Å². The van der Waals surface area contributed by atoms with Crippen LogP contribution in [0, 0.1) is 0 Å². The highest BCUT2D eigenvalue weighted by Gasteiger charge is 2.04. The predicted octanol–water partition coefficient (Wildman–Crippen LogP) is 9.11. The van der Waals surface area contributed by atoms with Crippen LogP contribution in [-0.2, 0) is 14.3 Å². The molecular weight excluding hydrogens is 384 g/mol. The zero-order valence-corrected chi connectivity index (χ0v) is 21.2. The first-order chi connectivity index (χ1) is 15.2. The SMILES string of the molecule is CCCCCCCCCCOC(=O)CCCCCCC(=O)CCCCCCCCCC. The summed E-state index contributed by atoms with van der Waals surface area (Å²) in [4.78, 5) is 23.7. The van der Waals surface area contributed by atoms with Crippen molar-refractivity contribution in [2.24, 2.45) is 0 Å². The number of rotatable bonds is 25. The lowest BCUT2D eigenvalue weighted by Crippen LogP contribution is -2.05. The molecule has 0 bridgehead atoms. The van der Waals surface area contributed by atoms with Crippen LogP contribution >= 0.6 is 0 Å².